The van der Waals surface area contributed by atoms with Gasteiger partial charge in [0.05, 0.1) is 6.04 Å². The highest BCUT2D eigenvalue weighted by atomic mass is 16.2. The highest BCUT2D eigenvalue weighted by Gasteiger charge is 2.30. The maximum atomic E-state index is 12.5. The molecule has 1 saturated heterocycles. The zero-order chi connectivity index (χ0) is 17.6. The van der Waals surface area contributed by atoms with E-state index >= 15 is 0 Å². The van der Waals surface area contributed by atoms with Crippen molar-refractivity contribution in [3.63, 3.8) is 0 Å². The minimum absolute atomic E-state index is 0.157. The maximum Gasteiger partial charge on any atom is 0.269 e. The molecule has 0 aromatic heterocycles. The SMILES string of the molecule is Cc1ccccc1C(=O)NNC(=O)C1CCCN1Cc1ccccc1. The molecule has 1 aliphatic rings. The first-order valence-corrected chi connectivity index (χ1v) is 8.59. The van der Waals surface area contributed by atoms with Crippen LogP contribution in [0.5, 0.6) is 0 Å². The molecule has 1 aliphatic heterocycles. The lowest BCUT2D eigenvalue weighted by Crippen LogP contribution is -2.50. The Morgan fingerprint density at radius 2 is 1.76 bits per heavy atom. The number of carbonyl (C=O) groups excluding carboxylic acids is 2. The summed E-state index contributed by atoms with van der Waals surface area (Å²) in [7, 11) is 0. The maximum absolute atomic E-state index is 12.5. The molecule has 3 rings (SSSR count). The van der Waals surface area contributed by atoms with Crippen molar-refractivity contribution >= 4 is 11.8 Å². The number of hydrazine groups is 1. The normalized spacial score (nSPS) is 17.2. The molecular weight excluding hydrogens is 314 g/mol. The topological polar surface area (TPSA) is 61.4 Å². The van der Waals surface area contributed by atoms with Crippen LogP contribution < -0.4 is 10.9 Å². The number of benzene rings is 2. The van der Waals surface area contributed by atoms with Crippen molar-refractivity contribution in [2.75, 3.05) is 6.54 Å². The summed E-state index contributed by atoms with van der Waals surface area (Å²) in [4.78, 5) is 26.9. The molecule has 130 valence electrons. The highest BCUT2D eigenvalue weighted by Crippen LogP contribution is 2.20. The van der Waals surface area contributed by atoms with E-state index in [2.05, 4.69) is 27.9 Å². The van der Waals surface area contributed by atoms with Crippen molar-refractivity contribution in [3.8, 4) is 0 Å². The van der Waals surface area contributed by atoms with E-state index < -0.39 is 0 Å². The zero-order valence-corrected chi connectivity index (χ0v) is 14.4. The Hall–Kier alpha value is -2.66. The fourth-order valence-electron chi connectivity index (χ4n) is 3.23. The van der Waals surface area contributed by atoms with Crippen molar-refractivity contribution in [2.45, 2.75) is 32.4 Å². The van der Waals surface area contributed by atoms with Gasteiger partial charge in [0, 0.05) is 12.1 Å². The summed E-state index contributed by atoms with van der Waals surface area (Å²) in [5.41, 5.74) is 7.75. The molecule has 2 N–H and O–H groups in total. The number of nitrogens with one attached hydrogen (secondary N) is 2. The first-order valence-electron chi connectivity index (χ1n) is 8.59. The van der Waals surface area contributed by atoms with Crippen LogP contribution in [0, 0.1) is 6.92 Å². The molecule has 25 heavy (non-hydrogen) atoms. The van der Waals surface area contributed by atoms with E-state index in [1.807, 2.05) is 43.3 Å². The average Bonchev–Trinajstić information content (AvgIpc) is 3.09. The Balaban J connectivity index is 1.57. The van der Waals surface area contributed by atoms with Gasteiger partial charge >= 0.3 is 0 Å². The van der Waals surface area contributed by atoms with E-state index in [9.17, 15) is 9.59 Å². The fourth-order valence-corrected chi connectivity index (χ4v) is 3.23. The molecule has 5 nitrogen and oxygen atoms in total. The Morgan fingerprint density at radius 3 is 2.52 bits per heavy atom. The number of hydrogen-bond donors (Lipinski definition) is 2. The van der Waals surface area contributed by atoms with Gasteiger partial charge in [-0.2, -0.15) is 0 Å². The summed E-state index contributed by atoms with van der Waals surface area (Å²) in [6.07, 6.45) is 1.79. The lowest BCUT2D eigenvalue weighted by Gasteiger charge is -2.23. The number of aryl methyl sites for hydroxylation is 1. The Kier molecular flexibility index (Phi) is 5.46. The van der Waals surface area contributed by atoms with Crippen LogP contribution in [0.15, 0.2) is 54.6 Å². The molecule has 2 amide bonds. The van der Waals surface area contributed by atoms with Gasteiger partial charge in [-0.15, -0.1) is 0 Å². The van der Waals surface area contributed by atoms with E-state index in [-0.39, 0.29) is 17.9 Å². The van der Waals surface area contributed by atoms with Crippen LogP contribution in [0.25, 0.3) is 0 Å². The minimum Gasteiger partial charge on any atom is -0.288 e. The Bertz CT molecular complexity index is 746. The van der Waals surface area contributed by atoms with Gasteiger partial charge in [0.2, 0.25) is 0 Å². The van der Waals surface area contributed by atoms with Crippen molar-refractivity contribution < 1.29 is 9.59 Å². The molecule has 0 radical (unpaired) electrons. The number of nitrogens with zero attached hydrogens (tertiary/aromatic N) is 1. The summed E-state index contributed by atoms with van der Waals surface area (Å²) in [6.45, 7) is 3.50. The molecule has 0 saturated carbocycles. The van der Waals surface area contributed by atoms with Crippen LogP contribution >= 0.6 is 0 Å². The third-order valence-electron chi connectivity index (χ3n) is 4.58. The van der Waals surface area contributed by atoms with Gasteiger partial charge in [-0.3, -0.25) is 25.3 Å². The molecule has 1 unspecified atom stereocenters. The summed E-state index contributed by atoms with van der Waals surface area (Å²) >= 11 is 0. The molecule has 2 aromatic rings. The summed E-state index contributed by atoms with van der Waals surface area (Å²) < 4.78 is 0. The number of hydrogen-bond acceptors (Lipinski definition) is 3. The van der Waals surface area contributed by atoms with E-state index in [1.54, 1.807) is 6.07 Å². The van der Waals surface area contributed by atoms with Crippen LogP contribution in [-0.4, -0.2) is 29.3 Å². The zero-order valence-electron chi connectivity index (χ0n) is 14.4. The van der Waals surface area contributed by atoms with Crippen molar-refractivity contribution in [2.24, 2.45) is 0 Å². The molecule has 0 spiro atoms. The first kappa shape index (κ1) is 17.2. The number of carbonyl (C=O) groups is 2. The second-order valence-electron chi connectivity index (χ2n) is 6.37. The fraction of sp³-hybridized carbons (Fsp3) is 0.300. The van der Waals surface area contributed by atoms with Gasteiger partial charge in [-0.1, -0.05) is 48.5 Å². The number of amides is 2. The lowest BCUT2D eigenvalue weighted by atomic mass is 10.1. The summed E-state index contributed by atoms with van der Waals surface area (Å²) in [5, 5.41) is 0. The second kappa shape index (κ2) is 7.94. The quantitative estimate of drug-likeness (QED) is 0.843. The lowest BCUT2D eigenvalue weighted by molar-refractivity contribution is -0.126. The predicted molar refractivity (Wildman–Crippen MR) is 96.7 cm³/mol. The molecule has 0 bridgehead atoms. The molecular formula is C20H23N3O2. The monoisotopic (exact) mass is 337 g/mol. The number of rotatable bonds is 4. The third-order valence-corrected chi connectivity index (χ3v) is 4.58. The van der Waals surface area contributed by atoms with Crippen LogP contribution in [-0.2, 0) is 11.3 Å². The largest absolute Gasteiger partial charge is 0.288 e. The molecule has 1 heterocycles. The van der Waals surface area contributed by atoms with Gasteiger partial charge in [0.15, 0.2) is 0 Å². The van der Waals surface area contributed by atoms with Gasteiger partial charge in [0.1, 0.15) is 0 Å². The van der Waals surface area contributed by atoms with Crippen LogP contribution in [0.1, 0.15) is 34.3 Å². The average molecular weight is 337 g/mol. The van der Waals surface area contributed by atoms with Crippen molar-refractivity contribution in [1.82, 2.24) is 15.8 Å². The standard InChI is InChI=1S/C20H23N3O2/c1-15-8-5-6-11-17(15)19(24)21-22-20(25)18-12-7-13-23(18)14-16-9-3-2-4-10-16/h2-6,8-11,18H,7,12-14H2,1H3,(H,21,24)(H,22,25). The van der Waals surface area contributed by atoms with Crippen LogP contribution in [0.3, 0.4) is 0 Å². The summed E-state index contributed by atoms with van der Waals surface area (Å²) in [5.74, 6) is -0.450. The molecule has 2 aromatic carbocycles. The van der Waals surface area contributed by atoms with Gasteiger partial charge in [-0.05, 0) is 43.5 Å². The van der Waals surface area contributed by atoms with Crippen molar-refractivity contribution in [1.29, 1.82) is 0 Å². The van der Waals surface area contributed by atoms with Crippen LogP contribution in [0.4, 0.5) is 0 Å². The molecule has 1 atom stereocenters. The van der Waals surface area contributed by atoms with Gasteiger partial charge < -0.3 is 0 Å². The van der Waals surface area contributed by atoms with Gasteiger partial charge in [-0.25, -0.2) is 0 Å². The van der Waals surface area contributed by atoms with Crippen molar-refractivity contribution in [3.05, 3.63) is 71.3 Å². The second-order valence-corrected chi connectivity index (χ2v) is 6.37. The van der Waals surface area contributed by atoms with Crippen LogP contribution in [0.2, 0.25) is 0 Å². The molecule has 1 fully saturated rings. The minimum atomic E-state index is -0.293. The van der Waals surface area contributed by atoms with Gasteiger partial charge in [0.25, 0.3) is 11.8 Å². The first-order chi connectivity index (χ1) is 12.1. The molecule has 0 aliphatic carbocycles. The summed E-state index contributed by atoms with van der Waals surface area (Å²) in [6, 6.07) is 17.2. The molecule has 5 heteroatoms. The van der Waals surface area contributed by atoms with E-state index in [0.29, 0.717) is 5.56 Å². The Morgan fingerprint density at radius 1 is 1.04 bits per heavy atom. The smallest absolute Gasteiger partial charge is 0.269 e. The van der Waals surface area contributed by atoms with E-state index in [1.165, 1.54) is 5.56 Å². The highest BCUT2D eigenvalue weighted by molar-refractivity contribution is 5.97. The number of likely N-dealkylation sites (tertiary alicyclic amines) is 1. The Labute approximate surface area is 148 Å². The van der Waals surface area contributed by atoms with E-state index in [0.717, 1.165) is 31.5 Å². The predicted octanol–water partition coefficient (Wildman–Crippen LogP) is 2.42. The van der Waals surface area contributed by atoms with E-state index in [4.69, 9.17) is 0 Å². The third kappa shape index (κ3) is 4.25.